The number of H-pyrrole nitrogens is 1. The number of aromatic nitrogens is 2. The molecule has 0 saturated heterocycles. The lowest BCUT2D eigenvalue weighted by Gasteiger charge is -2.21. The molecule has 0 aliphatic carbocycles. The fourth-order valence-electron chi connectivity index (χ4n) is 1.29. The van der Waals surface area contributed by atoms with Crippen molar-refractivity contribution >= 4 is 21.7 Å². The SMILES string of the molecule is COCC(O)CN(C)c1nc[nH]c(=O)c1Br. The second-order valence-corrected chi connectivity index (χ2v) is 4.15. The Hall–Kier alpha value is -0.920. The van der Waals surface area contributed by atoms with E-state index in [0.717, 1.165) is 0 Å². The number of halogens is 1. The number of aliphatic hydroxyl groups excluding tert-OH is 1. The molecule has 0 bridgehead atoms. The van der Waals surface area contributed by atoms with Crippen molar-refractivity contribution in [2.45, 2.75) is 6.10 Å². The molecule has 16 heavy (non-hydrogen) atoms. The molecule has 0 aromatic carbocycles. The summed E-state index contributed by atoms with van der Waals surface area (Å²) in [5.74, 6) is 0.485. The van der Waals surface area contributed by atoms with Crippen LogP contribution in [-0.2, 0) is 4.74 Å². The van der Waals surface area contributed by atoms with Gasteiger partial charge in [0.1, 0.15) is 10.3 Å². The zero-order valence-electron chi connectivity index (χ0n) is 9.11. The summed E-state index contributed by atoms with van der Waals surface area (Å²) in [5, 5.41) is 9.55. The highest BCUT2D eigenvalue weighted by Crippen LogP contribution is 2.17. The monoisotopic (exact) mass is 291 g/mol. The number of anilines is 1. The third-order valence-electron chi connectivity index (χ3n) is 1.98. The molecule has 1 aromatic rings. The number of hydrogen-bond acceptors (Lipinski definition) is 5. The first-order valence-electron chi connectivity index (χ1n) is 4.67. The van der Waals surface area contributed by atoms with E-state index >= 15 is 0 Å². The number of likely N-dealkylation sites (N-methyl/N-ethyl adjacent to an activating group) is 1. The van der Waals surface area contributed by atoms with Gasteiger partial charge in [-0.05, 0) is 15.9 Å². The summed E-state index contributed by atoms with van der Waals surface area (Å²) in [4.78, 5) is 19.5. The third kappa shape index (κ3) is 3.29. The molecule has 1 unspecified atom stereocenters. The molecule has 90 valence electrons. The number of rotatable bonds is 5. The van der Waals surface area contributed by atoms with Crippen LogP contribution in [0.15, 0.2) is 15.6 Å². The third-order valence-corrected chi connectivity index (χ3v) is 2.70. The number of ether oxygens (including phenoxy) is 1. The molecular weight excluding hydrogens is 278 g/mol. The van der Waals surface area contributed by atoms with Crippen molar-refractivity contribution in [2.75, 3.05) is 32.2 Å². The Morgan fingerprint density at radius 3 is 3.06 bits per heavy atom. The van der Waals surface area contributed by atoms with E-state index in [1.807, 2.05) is 0 Å². The number of aromatic amines is 1. The second kappa shape index (κ2) is 5.97. The first kappa shape index (κ1) is 13.1. The maximum absolute atomic E-state index is 11.3. The fraction of sp³-hybridized carbons (Fsp3) is 0.556. The Kier molecular flexibility index (Phi) is 4.91. The van der Waals surface area contributed by atoms with Gasteiger partial charge in [0, 0.05) is 20.7 Å². The zero-order chi connectivity index (χ0) is 12.1. The van der Waals surface area contributed by atoms with Crippen molar-refractivity contribution in [1.82, 2.24) is 9.97 Å². The molecule has 1 aromatic heterocycles. The van der Waals surface area contributed by atoms with E-state index in [0.29, 0.717) is 16.8 Å². The van der Waals surface area contributed by atoms with E-state index < -0.39 is 6.10 Å². The lowest BCUT2D eigenvalue weighted by molar-refractivity contribution is 0.0694. The average molecular weight is 292 g/mol. The van der Waals surface area contributed by atoms with Gasteiger partial charge >= 0.3 is 0 Å². The first-order chi connectivity index (χ1) is 7.56. The van der Waals surface area contributed by atoms with E-state index in [1.165, 1.54) is 13.4 Å². The van der Waals surface area contributed by atoms with Gasteiger partial charge in [-0.15, -0.1) is 0 Å². The number of nitrogens with one attached hydrogen (secondary N) is 1. The lowest BCUT2D eigenvalue weighted by atomic mass is 10.3. The van der Waals surface area contributed by atoms with Crippen LogP contribution in [0.1, 0.15) is 0 Å². The summed E-state index contributed by atoms with van der Waals surface area (Å²) in [5.41, 5.74) is -0.252. The van der Waals surface area contributed by atoms with E-state index in [4.69, 9.17) is 4.74 Å². The summed E-state index contributed by atoms with van der Waals surface area (Å²) in [6.45, 7) is 0.577. The van der Waals surface area contributed by atoms with Crippen LogP contribution < -0.4 is 10.5 Å². The zero-order valence-corrected chi connectivity index (χ0v) is 10.7. The Bertz CT molecular complexity index is 396. The minimum atomic E-state index is -0.622. The quantitative estimate of drug-likeness (QED) is 0.797. The van der Waals surface area contributed by atoms with E-state index in [9.17, 15) is 9.90 Å². The summed E-state index contributed by atoms with van der Waals surface area (Å²) in [7, 11) is 3.26. The minimum Gasteiger partial charge on any atom is -0.389 e. The van der Waals surface area contributed by atoms with Crippen molar-refractivity contribution in [3.05, 3.63) is 21.2 Å². The number of nitrogens with zero attached hydrogens (tertiary/aromatic N) is 2. The average Bonchev–Trinajstić information content (AvgIpc) is 2.22. The summed E-state index contributed by atoms with van der Waals surface area (Å²) in [6, 6.07) is 0. The highest BCUT2D eigenvalue weighted by Gasteiger charge is 2.13. The van der Waals surface area contributed by atoms with Crippen LogP contribution in [0.2, 0.25) is 0 Å². The van der Waals surface area contributed by atoms with Crippen LogP contribution >= 0.6 is 15.9 Å². The lowest BCUT2D eigenvalue weighted by Crippen LogP contribution is -2.33. The van der Waals surface area contributed by atoms with Gasteiger partial charge in [-0.25, -0.2) is 4.98 Å². The van der Waals surface area contributed by atoms with E-state index in [1.54, 1.807) is 11.9 Å². The molecule has 0 amide bonds. The van der Waals surface area contributed by atoms with Crippen LogP contribution in [0, 0.1) is 0 Å². The molecule has 0 saturated carbocycles. The molecular formula is C9H14BrN3O3. The van der Waals surface area contributed by atoms with Crippen LogP contribution in [0.4, 0.5) is 5.82 Å². The van der Waals surface area contributed by atoms with Gasteiger partial charge < -0.3 is 19.7 Å². The van der Waals surface area contributed by atoms with Crippen LogP contribution in [0.5, 0.6) is 0 Å². The van der Waals surface area contributed by atoms with Gasteiger partial charge in [-0.2, -0.15) is 0 Å². The van der Waals surface area contributed by atoms with Crippen molar-refractivity contribution < 1.29 is 9.84 Å². The number of aliphatic hydroxyl groups is 1. The van der Waals surface area contributed by atoms with Crippen LogP contribution in [0.3, 0.4) is 0 Å². The summed E-state index contributed by atoms with van der Waals surface area (Å²) < 4.78 is 5.17. The van der Waals surface area contributed by atoms with Crippen molar-refractivity contribution in [1.29, 1.82) is 0 Å². The fourth-order valence-corrected chi connectivity index (χ4v) is 1.81. The van der Waals surface area contributed by atoms with Crippen LogP contribution in [0.25, 0.3) is 0 Å². The van der Waals surface area contributed by atoms with E-state index in [-0.39, 0.29) is 12.2 Å². The topological polar surface area (TPSA) is 78.5 Å². The Morgan fingerprint density at radius 1 is 1.75 bits per heavy atom. The molecule has 0 fully saturated rings. The van der Waals surface area contributed by atoms with E-state index in [2.05, 4.69) is 25.9 Å². The molecule has 7 heteroatoms. The second-order valence-electron chi connectivity index (χ2n) is 3.36. The summed E-state index contributed by atoms with van der Waals surface area (Å²) >= 11 is 3.15. The van der Waals surface area contributed by atoms with Gasteiger partial charge in [-0.1, -0.05) is 0 Å². The molecule has 0 aliphatic rings. The molecule has 1 atom stereocenters. The standard InChI is InChI=1S/C9H14BrN3O3/c1-13(3-6(14)4-16-2)8-7(10)9(15)12-5-11-8/h5-6,14H,3-4H2,1-2H3,(H,11,12,15). The minimum absolute atomic E-state index is 0.241. The Morgan fingerprint density at radius 2 is 2.44 bits per heavy atom. The highest BCUT2D eigenvalue weighted by atomic mass is 79.9. The number of hydrogen-bond donors (Lipinski definition) is 2. The van der Waals surface area contributed by atoms with Gasteiger partial charge in [-0.3, -0.25) is 4.79 Å². The van der Waals surface area contributed by atoms with Gasteiger partial charge in [0.15, 0.2) is 0 Å². The first-order valence-corrected chi connectivity index (χ1v) is 5.47. The largest absolute Gasteiger partial charge is 0.389 e. The van der Waals surface area contributed by atoms with Crippen molar-refractivity contribution in [3.8, 4) is 0 Å². The highest BCUT2D eigenvalue weighted by molar-refractivity contribution is 9.10. The van der Waals surface area contributed by atoms with Crippen LogP contribution in [-0.4, -0.2) is 48.5 Å². The molecule has 1 heterocycles. The Balaban J connectivity index is 2.76. The predicted molar refractivity (Wildman–Crippen MR) is 63.7 cm³/mol. The predicted octanol–water partition coefficient (Wildman–Crippen LogP) is -0.0241. The maximum atomic E-state index is 11.3. The molecule has 0 aliphatic heterocycles. The van der Waals surface area contributed by atoms with Gasteiger partial charge in [0.05, 0.1) is 19.0 Å². The molecule has 0 spiro atoms. The van der Waals surface area contributed by atoms with Gasteiger partial charge in [0.25, 0.3) is 5.56 Å². The summed E-state index contributed by atoms with van der Waals surface area (Å²) in [6.07, 6.45) is 0.699. The molecule has 2 N–H and O–H groups in total. The van der Waals surface area contributed by atoms with Crippen molar-refractivity contribution in [3.63, 3.8) is 0 Å². The normalized spacial score (nSPS) is 12.5. The maximum Gasteiger partial charge on any atom is 0.267 e. The smallest absolute Gasteiger partial charge is 0.267 e. The Labute approximate surface area is 101 Å². The molecule has 1 rings (SSSR count). The molecule has 0 radical (unpaired) electrons. The number of methoxy groups -OCH3 is 1. The van der Waals surface area contributed by atoms with Crippen molar-refractivity contribution in [2.24, 2.45) is 0 Å². The molecule has 6 nitrogen and oxygen atoms in total. The van der Waals surface area contributed by atoms with Gasteiger partial charge in [0.2, 0.25) is 0 Å².